The Morgan fingerprint density at radius 2 is 1.92 bits per heavy atom. The maximum Gasteiger partial charge on any atom is 0.270 e. The minimum absolute atomic E-state index is 0.0566. The van der Waals surface area contributed by atoms with Gasteiger partial charge in [0.15, 0.2) is 4.32 Å². The van der Waals surface area contributed by atoms with Crippen molar-refractivity contribution < 1.29 is 15.0 Å². The SMILES string of the molecule is C=CCc1cccc(/C=C2\SC(=S)N(c3ccc(CO)cc3)C2=O)c1O. The molecule has 3 rings (SSSR count). The molecule has 1 aliphatic heterocycles. The largest absolute Gasteiger partial charge is 0.507 e. The number of carbonyl (C=O) groups is 1. The van der Waals surface area contributed by atoms with Crippen LogP contribution in [0.1, 0.15) is 16.7 Å². The second-order valence-electron chi connectivity index (χ2n) is 5.69. The molecular formula is C20H17NO3S2. The summed E-state index contributed by atoms with van der Waals surface area (Å²) in [6.07, 6.45) is 3.92. The van der Waals surface area contributed by atoms with Crippen LogP contribution in [0.3, 0.4) is 0 Å². The summed E-state index contributed by atoms with van der Waals surface area (Å²) in [6.45, 7) is 3.63. The van der Waals surface area contributed by atoms with Gasteiger partial charge in [-0.1, -0.05) is 60.4 Å². The van der Waals surface area contributed by atoms with Crippen LogP contribution in [-0.2, 0) is 17.8 Å². The summed E-state index contributed by atoms with van der Waals surface area (Å²) < 4.78 is 0.430. The van der Waals surface area contributed by atoms with Gasteiger partial charge in [-0.3, -0.25) is 9.69 Å². The molecule has 0 bridgehead atoms. The highest BCUT2D eigenvalue weighted by Gasteiger charge is 2.33. The standard InChI is InChI=1S/C20H17NO3S2/c1-2-4-14-5-3-6-15(18(14)23)11-17-19(24)21(20(25)26-17)16-9-7-13(12-22)8-10-16/h2-3,5-11,22-23H,1,4,12H2/b17-11-. The van der Waals surface area contributed by atoms with Crippen LogP contribution >= 0.6 is 24.0 Å². The molecule has 2 aromatic rings. The summed E-state index contributed by atoms with van der Waals surface area (Å²) >= 11 is 6.55. The lowest BCUT2D eigenvalue weighted by molar-refractivity contribution is -0.113. The Labute approximate surface area is 161 Å². The molecule has 1 heterocycles. The minimum Gasteiger partial charge on any atom is -0.507 e. The Morgan fingerprint density at radius 1 is 1.19 bits per heavy atom. The van der Waals surface area contributed by atoms with Gasteiger partial charge >= 0.3 is 0 Å². The molecule has 26 heavy (non-hydrogen) atoms. The maximum absolute atomic E-state index is 12.8. The molecule has 2 aromatic carbocycles. The van der Waals surface area contributed by atoms with Crippen LogP contribution in [0.4, 0.5) is 5.69 Å². The summed E-state index contributed by atoms with van der Waals surface area (Å²) in [4.78, 5) is 14.7. The zero-order valence-electron chi connectivity index (χ0n) is 13.9. The van der Waals surface area contributed by atoms with Crippen LogP contribution in [0, 0.1) is 0 Å². The number of hydrogen-bond acceptors (Lipinski definition) is 5. The van der Waals surface area contributed by atoms with Crippen molar-refractivity contribution in [1.29, 1.82) is 0 Å². The summed E-state index contributed by atoms with van der Waals surface area (Å²) in [5, 5.41) is 19.5. The number of phenols is 1. The highest BCUT2D eigenvalue weighted by Crippen LogP contribution is 2.37. The number of benzene rings is 2. The van der Waals surface area contributed by atoms with Crippen molar-refractivity contribution in [3.63, 3.8) is 0 Å². The number of anilines is 1. The number of hydrogen-bond donors (Lipinski definition) is 2. The third-order valence-corrected chi connectivity index (χ3v) is 5.27. The molecule has 4 nitrogen and oxygen atoms in total. The van der Waals surface area contributed by atoms with Gasteiger partial charge in [-0.2, -0.15) is 0 Å². The predicted octanol–water partition coefficient (Wildman–Crippen LogP) is 4.02. The second-order valence-corrected chi connectivity index (χ2v) is 7.37. The fourth-order valence-corrected chi connectivity index (χ4v) is 3.92. The normalized spacial score (nSPS) is 15.7. The number of thiocarbonyl (C=S) groups is 1. The number of allylic oxidation sites excluding steroid dienone is 1. The van der Waals surface area contributed by atoms with Crippen LogP contribution in [-0.4, -0.2) is 20.4 Å². The van der Waals surface area contributed by atoms with Crippen molar-refractivity contribution >= 4 is 46.0 Å². The lowest BCUT2D eigenvalue weighted by Gasteiger charge is -2.14. The zero-order chi connectivity index (χ0) is 18.7. The van der Waals surface area contributed by atoms with E-state index >= 15 is 0 Å². The lowest BCUT2D eigenvalue weighted by atomic mass is 10.1. The van der Waals surface area contributed by atoms with Crippen molar-refractivity contribution in [2.24, 2.45) is 0 Å². The van der Waals surface area contributed by atoms with Crippen LogP contribution in [0.25, 0.3) is 6.08 Å². The number of carbonyl (C=O) groups excluding carboxylic acids is 1. The molecule has 0 atom stereocenters. The first kappa shape index (κ1) is 18.4. The number of rotatable bonds is 5. The van der Waals surface area contributed by atoms with E-state index < -0.39 is 0 Å². The molecule has 0 aromatic heterocycles. The molecular weight excluding hydrogens is 366 g/mol. The number of aromatic hydroxyl groups is 1. The third kappa shape index (κ3) is 3.58. The maximum atomic E-state index is 12.8. The van der Waals surface area contributed by atoms with Gasteiger partial charge in [0.2, 0.25) is 0 Å². The van der Waals surface area contributed by atoms with E-state index in [-0.39, 0.29) is 18.3 Å². The molecule has 0 saturated carbocycles. The smallest absolute Gasteiger partial charge is 0.270 e. The van der Waals surface area contributed by atoms with Gasteiger partial charge in [-0.05, 0) is 35.8 Å². The van der Waals surface area contributed by atoms with Crippen LogP contribution in [0.15, 0.2) is 60.0 Å². The molecule has 2 N–H and O–H groups in total. The van der Waals surface area contributed by atoms with E-state index in [0.717, 1.165) is 11.1 Å². The number of para-hydroxylation sites is 1. The summed E-state index contributed by atoms with van der Waals surface area (Å²) in [5.74, 6) is -0.0877. The van der Waals surface area contributed by atoms with Crippen LogP contribution in [0.5, 0.6) is 5.75 Å². The van der Waals surface area contributed by atoms with E-state index in [1.54, 1.807) is 42.5 Å². The molecule has 0 unspecified atom stereocenters. The van der Waals surface area contributed by atoms with Gasteiger partial charge in [-0.25, -0.2) is 0 Å². The van der Waals surface area contributed by atoms with Gasteiger partial charge in [0.05, 0.1) is 17.2 Å². The van der Waals surface area contributed by atoms with Crippen molar-refractivity contribution in [1.82, 2.24) is 0 Å². The first-order valence-corrected chi connectivity index (χ1v) is 9.17. The fourth-order valence-electron chi connectivity index (χ4n) is 2.63. The Hall–Kier alpha value is -2.41. The van der Waals surface area contributed by atoms with E-state index in [9.17, 15) is 9.90 Å². The molecule has 0 spiro atoms. The quantitative estimate of drug-likeness (QED) is 0.464. The second kappa shape index (κ2) is 7.86. The van der Waals surface area contributed by atoms with E-state index in [0.29, 0.717) is 26.9 Å². The average molecular weight is 383 g/mol. The van der Waals surface area contributed by atoms with Crippen molar-refractivity contribution in [2.75, 3.05) is 4.90 Å². The monoisotopic (exact) mass is 383 g/mol. The summed E-state index contributed by atoms with van der Waals surface area (Å²) in [6, 6.07) is 12.4. The lowest BCUT2D eigenvalue weighted by Crippen LogP contribution is -2.27. The molecule has 0 radical (unpaired) electrons. The first-order chi connectivity index (χ1) is 12.5. The Bertz CT molecular complexity index is 904. The third-order valence-electron chi connectivity index (χ3n) is 3.97. The molecule has 1 fully saturated rings. The highest BCUT2D eigenvalue weighted by atomic mass is 32.2. The molecule has 132 valence electrons. The molecule has 1 amide bonds. The van der Waals surface area contributed by atoms with Gasteiger partial charge in [-0.15, -0.1) is 6.58 Å². The molecule has 0 aliphatic carbocycles. The number of thioether (sulfide) groups is 1. The number of phenolic OH excluding ortho intramolecular Hbond substituents is 1. The topological polar surface area (TPSA) is 60.8 Å². The van der Waals surface area contributed by atoms with E-state index in [2.05, 4.69) is 6.58 Å². The molecule has 1 saturated heterocycles. The number of aliphatic hydroxyl groups is 1. The summed E-state index contributed by atoms with van der Waals surface area (Å²) in [5.41, 5.74) is 2.74. The van der Waals surface area contributed by atoms with E-state index in [1.807, 2.05) is 12.1 Å². The number of nitrogens with zero attached hydrogens (tertiary/aromatic N) is 1. The Morgan fingerprint density at radius 3 is 2.58 bits per heavy atom. The van der Waals surface area contributed by atoms with Gasteiger partial charge in [0, 0.05) is 5.56 Å². The molecule has 6 heteroatoms. The fraction of sp³-hybridized carbons (Fsp3) is 0.100. The zero-order valence-corrected chi connectivity index (χ0v) is 15.5. The van der Waals surface area contributed by atoms with Gasteiger partial charge < -0.3 is 10.2 Å². The molecule has 1 aliphatic rings. The average Bonchev–Trinajstić information content (AvgIpc) is 2.92. The van der Waals surface area contributed by atoms with Crippen molar-refractivity contribution in [2.45, 2.75) is 13.0 Å². The van der Waals surface area contributed by atoms with Crippen molar-refractivity contribution in [3.05, 3.63) is 76.7 Å². The highest BCUT2D eigenvalue weighted by molar-refractivity contribution is 8.27. The van der Waals surface area contributed by atoms with E-state index in [4.69, 9.17) is 17.3 Å². The van der Waals surface area contributed by atoms with Crippen LogP contribution in [0.2, 0.25) is 0 Å². The number of amides is 1. The van der Waals surface area contributed by atoms with Crippen molar-refractivity contribution in [3.8, 4) is 5.75 Å². The van der Waals surface area contributed by atoms with E-state index in [1.165, 1.54) is 16.7 Å². The Kier molecular flexibility index (Phi) is 5.56. The first-order valence-electron chi connectivity index (χ1n) is 7.94. The Balaban J connectivity index is 1.92. The van der Waals surface area contributed by atoms with Gasteiger partial charge in [0.1, 0.15) is 5.75 Å². The van der Waals surface area contributed by atoms with Crippen LogP contribution < -0.4 is 4.90 Å². The minimum atomic E-state index is -0.231. The summed E-state index contributed by atoms with van der Waals surface area (Å²) in [7, 11) is 0. The predicted molar refractivity (Wildman–Crippen MR) is 110 cm³/mol. The number of aliphatic hydroxyl groups excluding tert-OH is 1. The van der Waals surface area contributed by atoms with Gasteiger partial charge in [0.25, 0.3) is 5.91 Å².